The third-order valence-corrected chi connectivity index (χ3v) is 8.92. The molecule has 1 aliphatic rings. The molecule has 0 bridgehead atoms. The van der Waals surface area contributed by atoms with E-state index in [-0.39, 0.29) is 27.9 Å². The highest BCUT2D eigenvalue weighted by molar-refractivity contribution is 8.00. The number of hydrogen-bond acceptors (Lipinski definition) is 7. The van der Waals surface area contributed by atoms with Gasteiger partial charge in [0.05, 0.1) is 32.0 Å². The number of hydrogen-bond donors (Lipinski definition) is 1. The minimum absolute atomic E-state index is 0.0570. The van der Waals surface area contributed by atoms with E-state index in [9.17, 15) is 19.7 Å². The molecule has 0 spiro atoms. The molecule has 0 fully saturated rings. The number of thiophene rings is 1. The zero-order chi connectivity index (χ0) is 26.3. The van der Waals surface area contributed by atoms with Crippen LogP contribution in [-0.4, -0.2) is 25.6 Å². The smallest absolute Gasteiger partial charge is 0.271 e. The van der Waals surface area contributed by atoms with Gasteiger partial charge in [0.25, 0.3) is 11.2 Å². The van der Waals surface area contributed by atoms with Crippen molar-refractivity contribution in [1.29, 1.82) is 0 Å². The summed E-state index contributed by atoms with van der Waals surface area (Å²) in [5.74, 6) is -0.386. The summed E-state index contributed by atoms with van der Waals surface area (Å²) in [5, 5.41) is 14.6. The Bertz CT molecular complexity index is 1600. The van der Waals surface area contributed by atoms with E-state index in [2.05, 4.69) is 5.32 Å². The molecule has 0 radical (unpaired) electrons. The second-order valence-electron chi connectivity index (χ2n) is 8.57. The van der Waals surface area contributed by atoms with Crippen molar-refractivity contribution in [1.82, 2.24) is 9.55 Å². The first-order valence-electron chi connectivity index (χ1n) is 11.5. The minimum atomic E-state index is -0.663. The average molecular weight is 575 g/mol. The van der Waals surface area contributed by atoms with Gasteiger partial charge in [-0.3, -0.25) is 24.3 Å². The number of nitro benzene ring substituents is 1. The number of nitrogens with zero attached hydrogens (tertiary/aromatic N) is 3. The summed E-state index contributed by atoms with van der Waals surface area (Å²) in [7, 11) is 0. The van der Waals surface area contributed by atoms with Crippen LogP contribution >= 0.6 is 46.3 Å². The van der Waals surface area contributed by atoms with Crippen LogP contribution in [0.3, 0.4) is 0 Å². The molecule has 12 heteroatoms. The Balaban J connectivity index is 1.51. The number of halogens is 2. The van der Waals surface area contributed by atoms with Crippen molar-refractivity contribution in [3.8, 4) is 5.69 Å². The molecule has 0 aliphatic heterocycles. The molecule has 2 aromatic heterocycles. The van der Waals surface area contributed by atoms with Crippen molar-refractivity contribution < 1.29 is 9.72 Å². The zero-order valence-electron chi connectivity index (χ0n) is 19.5. The molecule has 1 aliphatic carbocycles. The second-order valence-corrected chi connectivity index (χ2v) is 11.8. The summed E-state index contributed by atoms with van der Waals surface area (Å²) in [6, 6.07) is 10.8. The normalized spacial score (nSPS) is 13.8. The zero-order valence-corrected chi connectivity index (χ0v) is 22.6. The van der Waals surface area contributed by atoms with Gasteiger partial charge in [0.1, 0.15) is 4.83 Å². The lowest BCUT2D eigenvalue weighted by atomic mass is 9.97. The van der Waals surface area contributed by atoms with Gasteiger partial charge in [-0.1, -0.05) is 35.0 Å². The number of nitro groups is 1. The van der Waals surface area contributed by atoms with Crippen LogP contribution in [0.2, 0.25) is 10.0 Å². The maximum atomic E-state index is 13.9. The summed E-state index contributed by atoms with van der Waals surface area (Å²) in [4.78, 5) is 44.0. The first-order valence-corrected chi connectivity index (χ1v) is 13.9. The van der Waals surface area contributed by atoms with E-state index in [1.807, 2.05) is 0 Å². The van der Waals surface area contributed by atoms with Crippen molar-refractivity contribution in [3.05, 3.63) is 83.4 Å². The van der Waals surface area contributed by atoms with Gasteiger partial charge in [-0.15, -0.1) is 11.3 Å². The van der Waals surface area contributed by atoms with E-state index in [1.165, 1.54) is 27.6 Å². The topological polar surface area (TPSA) is 107 Å². The molecule has 2 heterocycles. The summed E-state index contributed by atoms with van der Waals surface area (Å²) in [6.45, 7) is 1.70. The standard InChI is InChI=1S/C25H20Cl2N4O4S2/c1-13(22(32)28-19-11-10-16(31(34)35)12-18(19)27)36-25-29-23-21(17-4-2-3-5-20(17)37-23)24(33)30(25)15-8-6-14(26)7-9-15/h6-13H,2-5H2,1H3,(H,28,32). The Kier molecular flexibility index (Phi) is 7.26. The summed E-state index contributed by atoms with van der Waals surface area (Å²) < 4.78 is 1.54. The number of aromatic nitrogens is 2. The third-order valence-electron chi connectivity index (χ3n) is 6.12. The van der Waals surface area contributed by atoms with Crippen LogP contribution in [0.1, 0.15) is 30.2 Å². The number of nitrogens with one attached hydrogen (secondary N) is 1. The Morgan fingerprint density at radius 1 is 1.19 bits per heavy atom. The lowest BCUT2D eigenvalue weighted by Gasteiger charge is -2.17. The monoisotopic (exact) mass is 574 g/mol. The fourth-order valence-electron chi connectivity index (χ4n) is 4.25. The van der Waals surface area contributed by atoms with Crippen LogP contribution in [0.15, 0.2) is 52.4 Å². The van der Waals surface area contributed by atoms with Crippen molar-refractivity contribution >= 4 is 73.8 Å². The number of benzene rings is 2. The molecule has 0 saturated carbocycles. The Morgan fingerprint density at radius 2 is 1.92 bits per heavy atom. The van der Waals surface area contributed by atoms with E-state index in [0.717, 1.165) is 43.0 Å². The predicted molar refractivity (Wildman–Crippen MR) is 149 cm³/mol. The summed E-state index contributed by atoms with van der Waals surface area (Å²) in [6.07, 6.45) is 3.93. The van der Waals surface area contributed by atoms with Gasteiger partial charge in [0.15, 0.2) is 5.16 Å². The second kappa shape index (κ2) is 10.4. The molecule has 37 heavy (non-hydrogen) atoms. The molecule has 1 unspecified atom stereocenters. The number of carbonyl (C=O) groups excluding carboxylic acids is 1. The highest BCUT2D eigenvalue weighted by Gasteiger charge is 2.25. The SMILES string of the molecule is CC(Sc1nc2sc3c(c2c(=O)n1-c1ccc(Cl)cc1)CCCC3)C(=O)Nc1ccc([N+](=O)[O-])cc1Cl. The van der Waals surface area contributed by atoms with E-state index in [4.69, 9.17) is 28.2 Å². The number of carbonyl (C=O) groups is 1. The predicted octanol–water partition coefficient (Wildman–Crippen LogP) is 6.66. The molecule has 1 N–H and O–H groups in total. The maximum Gasteiger partial charge on any atom is 0.271 e. The molecule has 1 amide bonds. The largest absolute Gasteiger partial charge is 0.324 e. The highest BCUT2D eigenvalue weighted by atomic mass is 35.5. The third kappa shape index (κ3) is 5.11. The quantitative estimate of drug-likeness (QED) is 0.119. The van der Waals surface area contributed by atoms with Crippen molar-refractivity contribution in [2.24, 2.45) is 0 Å². The minimum Gasteiger partial charge on any atom is -0.324 e. The number of fused-ring (bicyclic) bond motifs is 3. The van der Waals surface area contributed by atoms with Crippen LogP contribution in [0.25, 0.3) is 15.9 Å². The van der Waals surface area contributed by atoms with Gasteiger partial charge in [0.2, 0.25) is 5.91 Å². The van der Waals surface area contributed by atoms with E-state index in [0.29, 0.717) is 26.1 Å². The van der Waals surface area contributed by atoms with E-state index >= 15 is 0 Å². The maximum absolute atomic E-state index is 13.9. The van der Waals surface area contributed by atoms with Crippen molar-refractivity contribution in [2.75, 3.05) is 5.32 Å². The van der Waals surface area contributed by atoms with Gasteiger partial charge in [-0.25, -0.2) is 4.98 Å². The van der Waals surface area contributed by atoms with Crippen molar-refractivity contribution in [3.63, 3.8) is 0 Å². The summed E-state index contributed by atoms with van der Waals surface area (Å²) >= 11 is 14.9. The fraction of sp³-hybridized carbons (Fsp3) is 0.240. The molecular formula is C25H20Cl2N4O4S2. The van der Waals surface area contributed by atoms with Crippen LogP contribution < -0.4 is 10.9 Å². The van der Waals surface area contributed by atoms with Crippen LogP contribution in [-0.2, 0) is 17.6 Å². The molecule has 5 rings (SSSR count). The molecule has 190 valence electrons. The molecule has 8 nitrogen and oxygen atoms in total. The molecule has 0 saturated heterocycles. The molecular weight excluding hydrogens is 555 g/mol. The lowest BCUT2D eigenvalue weighted by Crippen LogP contribution is -2.26. The summed E-state index contributed by atoms with van der Waals surface area (Å²) in [5.41, 5.74) is 1.61. The highest BCUT2D eigenvalue weighted by Crippen LogP contribution is 2.36. The Labute approximate surface area is 229 Å². The van der Waals surface area contributed by atoms with Crippen LogP contribution in [0.4, 0.5) is 11.4 Å². The number of aryl methyl sites for hydroxylation is 2. The molecule has 4 aromatic rings. The molecule has 1 atom stereocenters. The van der Waals surface area contributed by atoms with Gasteiger partial charge >= 0.3 is 0 Å². The van der Waals surface area contributed by atoms with Gasteiger partial charge in [0, 0.05) is 22.0 Å². The van der Waals surface area contributed by atoms with Gasteiger partial charge in [-0.2, -0.15) is 0 Å². The van der Waals surface area contributed by atoms with E-state index < -0.39 is 10.2 Å². The van der Waals surface area contributed by atoms with Gasteiger partial charge < -0.3 is 5.32 Å². The number of thioether (sulfide) groups is 1. The number of non-ortho nitro benzene ring substituents is 1. The number of anilines is 1. The number of rotatable bonds is 6. The van der Waals surface area contributed by atoms with Crippen LogP contribution in [0, 0.1) is 10.1 Å². The Morgan fingerprint density at radius 3 is 2.62 bits per heavy atom. The first kappa shape index (κ1) is 25.7. The first-order chi connectivity index (χ1) is 17.7. The lowest BCUT2D eigenvalue weighted by molar-refractivity contribution is -0.384. The Hall–Kier alpha value is -2.92. The fourth-order valence-corrected chi connectivity index (χ4v) is 6.83. The van der Waals surface area contributed by atoms with Crippen molar-refractivity contribution in [2.45, 2.75) is 43.0 Å². The number of amides is 1. The molecule has 2 aromatic carbocycles. The van der Waals surface area contributed by atoms with Gasteiger partial charge in [-0.05, 0) is 68.5 Å². The van der Waals surface area contributed by atoms with Crippen LogP contribution in [0.5, 0.6) is 0 Å². The average Bonchev–Trinajstić information content (AvgIpc) is 3.24. The van der Waals surface area contributed by atoms with E-state index in [1.54, 1.807) is 42.5 Å².